The third-order valence-electron chi connectivity index (χ3n) is 3.92. The van der Waals surface area contributed by atoms with Crippen molar-refractivity contribution in [2.24, 2.45) is 0 Å². The summed E-state index contributed by atoms with van der Waals surface area (Å²) in [6.07, 6.45) is 3.39. The summed E-state index contributed by atoms with van der Waals surface area (Å²) >= 11 is 6.02. The number of amides is 1. The van der Waals surface area contributed by atoms with E-state index in [4.69, 9.17) is 11.6 Å². The molecule has 3 aromatic rings. The van der Waals surface area contributed by atoms with Gasteiger partial charge in [0.2, 0.25) is 5.91 Å². The van der Waals surface area contributed by atoms with Gasteiger partial charge in [0.1, 0.15) is 0 Å². The Labute approximate surface area is 146 Å². The number of benzene rings is 2. The molecule has 0 spiro atoms. The van der Waals surface area contributed by atoms with Crippen molar-refractivity contribution in [1.29, 1.82) is 0 Å². The number of para-hydroxylation sites is 2. The largest absolute Gasteiger partial charge is 0.361 e. The maximum atomic E-state index is 11.9. The fraction of sp³-hybridized carbons (Fsp3) is 0.211. The Bertz CT molecular complexity index is 828. The van der Waals surface area contributed by atoms with Gasteiger partial charge in [-0.05, 0) is 36.7 Å². The standard InChI is InChI=1S/C19H20ClN3O/c20-16-6-2-4-8-18(16)23-19(24)10-12-21-11-9-14-13-22-17-7-3-1-5-15(14)17/h1-8,13,21-22H,9-12H2,(H,23,24). The predicted octanol–water partition coefficient (Wildman–Crippen LogP) is 3.98. The molecular weight excluding hydrogens is 322 g/mol. The molecule has 124 valence electrons. The molecule has 3 N–H and O–H groups in total. The molecule has 1 aromatic heterocycles. The van der Waals surface area contributed by atoms with Gasteiger partial charge >= 0.3 is 0 Å². The molecule has 24 heavy (non-hydrogen) atoms. The Morgan fingerprint density at radius 1 is 1.04 bits per heavy atom. The quantitative estimate of drug-likeness (QED) is 0.569. The van der Waals surface area contributed by atoms with E-state index in [2.05, 4.69) is 33.9 Å². The number of carbonyl (C=O) groups is 1. The van der Waals surface area contributed by atoms with Crippen molar-refractivity contribution in [3.63, 3.8) is 0 Å². The zero-order valence-corrected chi connectivity index (χ0v) is 14.1. The summed E-state index contributed by atoms with van der Waals surface area (Å²) in [5, 5.41) is 7.95. The van der Waals surface area contributed by atoms with Crippen LogP contribution in [-0.2, 0) is 11.2 Å². The lowest BCUT2D eigenvalue weighted by Gasteiger charge is -2.07. The van der Waals surface area contributed by atoms with Crippen LogP contribution in [0.1, 0.15) is 12.0 Å². The van der Waals surface area contributed by atoms with Crippen molar-refractivity contribution in [2.75, 3.05) is 18.4 Å². The molecule has 2 aromatic carbocycles. The summed E-state index contributed by atoms with van der Waals surface area (Å²) in [7, 11) is 0. The lowest BCUT2D eigenvalue weighted by molar-refractivity contribution is -0.116. The zero-order valence-electron chi connectivity index (χ0n) is 13.3. The van der Waals surface area contributed by atoms with Crippen molar-refractivity contribution in [3.8, 4) is 0 Å². The van der Waals surface area contributed by atoms with Crippen LogP contribution in [0.5, 0.6) is 0 Å². The average molecular weight is 342 g/mol. The summed E-state index contributed by atoms with van der Waals surface area (Å²) in [5.74, 6) is -0.0392. The van der Waals surface area contributed by atoms with Gasteiger partial charge in [0, 0.05) is 30.1 Å². The average Bonchev–Trinajstić information content (AvgIpc) is 3.00. The number of halogens is 1. The first kappa shape index (κ1) is 16.6. The Balaban J connectivity index is 1.39. The van der Waals surface area contributed by atoms with Crippen LogP contribution in [0, 0.1) is 0 Å². The van der Waals surface area contributed by atoms with Crippen LogP contribution in [0.25, 0.3) is 10.9 Å². The molecule has 1 heterocycles. The maximum absolute atomic E-state index is 11.9. The van der Waals surface area contributed by atoms with Crippen molar-refractivity contribution >= 4 is 34.1 Å². The van der Waals surface area contributed by atoms with Crippen LogP contribution in [0.2, 0.25) is 5.02 Å². The highest BCUT2D eigenvalue weighted by Gasteiger charge is 2.05. The number of anilines is 1. The minimum atomic E-state index is -0.0392. The van der Waals surface area contributed by atoms with Gasteiger partial charge in [-0.1, -0.05) is 41.9 Å². The molecule has 0 saturated carbocycles. The normalized spacial score (nSPS) is 10.9. The Hall–Kier alpha value is -2.30. The number of carbonyl (C=O) groups excluding carboxylic acids is 1. The summed E-state index contributed by atoms with van der Waals surface area (Å²) in [6, 6.07) is 15.5. The SMILES string of the molecule is O=C(CCNCCc1c[nH]c2ccccc12)Nc1ccccc1Cl. The van der Waals surface area contributed by atoms with Crippen molar-refractivity contribution < 1.29 is 4.79 Å². The smallest absolute Gasteiger partial charge is 0.225 e. The second kappa shape index (κ2) is 7.99. The molecule has 5 heteroatoms. The van der Waals surface area contributed by atoms with E-state index in [1.807, 2.05) is 24.3 Å². The Morgan fingerprint density at radius 3 is 2.71 bits per heavy atom. The first-order valence-corrected chi connectivity index (χ1v) is 8.42. The molecule has 0 saturated heterocycles. The van der Waals surface area contributed by atoms with Crippen LogP contribution >= 0.6 is 11.6 Å². The third-order valence-corrected chi connectivity index (χ3v) is 4.25. The number of nitrogens with one attached hydrogen (secondary N) is 3. The number of H-pyrrole nitrogens is 1. The number of hydrogen-bond acceptors (Lipinski definition) is 2. The molecule has 1 amide bonds. The van der Waals surface area contributed by atoms with Crippen LogP contribution in [-0.4, -0.2) is 24.0 Å². The Morgan fingerprint density at radius 2 is 1.83 bits per heavy atom. The van der Waals surface area contributed by atoms with Gasteiger partial charge < -0.3 is 15.6 Å². The summed E-state index contributed by atoms with van der Waals surface area (Å²) in [6.45, 7) is 1.47. The van der Waals surface area contributed by atoms with Crippen LogP contribution < -0.4 is 10.6 Å². The van der Waals surface area contributed by atoms with Gasteiger partial charge in [-0.2, -0.15) is 0 Å². The first-order chi connectivity index (χ1) is 11.7. The predicted molar refractivity (Wildman–Crippen MR) is 99.6 cm³/mol. The molecule has 0 aliphatic carbocycles. The second-order valence-corrected chi connectivity index (χ2v) is 6.04. The van der Waals surface area contributed by atoms with Gasteiger partial charge in [0.05, 0.1) is 10.7 Å². The van der Waals surface area contributed by atoms with Crippen molar-refractivity contribution in [3.05, 3.63) is 65.3 Å². The molecule has 4 nitrogen and oxygen atoms in total. The van der Waals surface area contributed by atoms with Crippen molar-refractivity contribution in [2.45, 2.75) is 12.8 Å². The van der Waals surface area contributed by atoms with Gasteiger partial charge in [0.25, 0.3) is 0 Å². The zero-order chi connectivity index (χ0) is 16.8. The highest BCUT2D eigenvalue weighted by molar-refractivity contribution is 6.33. The number of rotatable bonds is 7. The number of hydrogen-bond donors (Lipinski definition) is 3. The van der Waals surface area contributed by atoms with Gasteiger partial charge in [-0.15, -0.1) is 0 Å². The molecule has 0 unspecified atom stereocenters. The lowest BCUT2D eigenvalue weighted by atomic mass is 10.1. The van der Waals surface area contributed by atoms with Crippen molar-refractivity contribution in [1.82, 2.24) is 10.3 Å². The first-order valence-electron chi connectivity index (χ1n) is 8.04. The molecule has 0 bridgehead atoms. The summed E-state index contributed by atoms with van der Waals surface area (Å²) < 4.78 is 0. The maximum Gasteiger partial charge on any atom is 0.225 e. The summed E-state index contributed by atoms with van der Waals surface area (Å²) in [4.78, 5) is 15.2. The summed E-state index contributed by atoms with van der Waals surface area (Å²) in [5.41, 5.74) is 3.10. The van der Waals surface area contributed by atoms with Crippen LogP contribution in [0.4, 0.5) is 5.69 Å². The van der Waals surface area contributed by atoms with Gasteiger partial charge in [-0.3, -0.25) is 4.79 Å². The van der Waals surface area contributed by atoms with E-state index >= 15 is 0 Å². The van der Waals surface area contributed by atoms with E-state index in [-0.39, 0.29) is 5.91 Å². The monoisotopic (exact) mass is 341 g/mol. The number of fused-ring (bicyclic) bond motifs is 1. The molecule has 0 atom stereocenters. The fourth-order valence-corrected chi connectivity index (χ4v) is 2.85. The fourth-order valence-electron chi connectivity index (χ4n) is 2.66. The second-order valence-electron chi connectivity index (χ2n) is 5.64. The molecular formula is C19H20ClN3O. The number of aromatic nitrogens is 1. The molecule has 0 radical (unpaired) electrons. The molecule has 0 aliphatic heterocycles. The highest BCUT2D eigenvalue weighted by atomic mass is 35.5. The number of aromatic amines is 1. The van der Waals surface area contributed by atoms with E-state index < -0.39 is 0 Å². The molecule has 0 fully saturated rings. The minimum absolute atomic E-state index is 0.0392. The topological polar surface area (TPSA) is 56.9 Å². The molecule has 3 rings (SSSR count). The minimum Gasteiger partial charge on any atom is -0.361 e. The van der Waals surface area contributed by atoms with E-state index in [9.17, 15) is 4.79 Å². The third kappa shape index (κ3) is 4.16. The van der Waals surface area contributed by atoms with E-state index in [1.54, 1.807) is 12.1 Å². The molecule has 0 aliphatic rings. The van der Waals surface area contributed by atoms with E-state index in [0.717, 1.165) is 18.5 Å². The van der Waals surface area contributed by atoms with Gasteiger partial charge in [0.15, 0.2) is 0 Å². The van der Waals surface area contributed by atoms with Crippen LogP contribution in [0.3, 0.4) is 0 Å². The van der Waals surface area contributed by atoms with Gasteiger partial charge in [-0.25, -0.2) is 0 Å². The highest BCUT2D eigenvalue weighted by Crippen LogP contribution is 2.20. The Kier molecular flexibility index (Phi) is 5.51. The van der Waals surface area contributed by atoms with E-state index in [1.165, 1.54) is 10.9 Å². The lowest BCUT2D eigenvalue weighted by Crippen LogP contribution is -2.23. The van der Waals surface area contributed by atoms with E-state index in [0.29, 0.717) is 23.7 Å². The van der Waals surface area contributed by atoms with Crippen LogP contribution in [0.15, 0.2) is 54.7 Å².